The first-order valence-electron chi connectivity index (χ1n) is 4.76. The standard InChI is InChI=1S/C9H14N4O/c10-8-4-12-9(5-11-8)13-3-1-2-7(13)6-14/h4-5,7,14H,1-3,6H2,(H2,10,11)/t7-/m1/s1. The Kier molecular flexibility index (Phi) is 2.49. The summed E-state index contributed by atoms with van der Waals surface area (Å²) in [6.45, 7) is 1.11. The van der Waals surface area contributed by atoms with Gasteiger partial charge in [-0.2, -0.15) is 0 Å². The summed E-state index contributed by atoms with van der Waals surface area (Å²) in [6.07, 6.45) is 5.31. The Morgan fingerprint density at radius 3 is 3.00 bits per heavy atom. The predicted octanol–water partition coefficient (Wildman–Crippen LogP) is 0.0199. The van der Waals surface area contributed by atoms with E-state index in [1.54, 1.807) is 12.4 Å². The van der Waals surface area contributed by atoms with Gasteiger partial charge in [-0.15, -0.1) is 0 Å². The molecular formula is C9H14N4O. The molecule has 2 heterocycles. The van der Waals surface area contributed by atoms with Gasteiger partial charge in [0.15, 0.2) is 0 Å². The number of nitrogens with zero attached hydrogens (tertiary/aromatic N) is 3. The number of nitrogen functional groups attached to an aromatic ring is 1. The monoisotopic (exact) mass is 194 g/mol. The normalized spacial score (nSPS) is 21.5. The Morgan fingerprint density at radius 2 is 2.36 bits per heavy atom. The van der Waals surface area contributed by atoms with Crippen LogP contribution in [0.2, 0.25) is 0 Å². The first-order valence-corrected chi connectivity index (χ1v) is 4.76. The first kappa shape index (κ1) is 9.21. The Bertz CT molecular complexity index is 300. The highest BCUT2D eigenvalue weighted by Crippen LogP contribution is 2.22. The van der Waals surface area contributed by atoms with Crippen LogP contribution in [0.15, 0.2) is 12.4 Å². The highest BCUT2D eigenvalue weighted by atomic mass is 16.3. The van der Waals surface area contributed by atoms with Gasteiger partial charge in [0, 0.05) is 6.54 Å². The van der Waals surface area contributed by atoms with Crippen LogP contribution in [-0.4, -0.2) is 34.3 Å². The molecule has 1 aromatic heterocycles. The van der Waals surface area contributed by atoms with E-state index in [2.05, 4.69) is 14.9 Å². The van der Waals surface area contributed by atoms with Gasteiger partial charge < -0.3 is 15.7 Å². The van der Waals surface area contributed by atoms with E-state index in [-0.39, 0.29) is 12.6 Å². The molecule has 76 valence electrons. The van der Waals surface area contributed by atoms with Crippen LogP contribution >= 0.6 is 0 Å². The zero-order valence-corrected chi connectivity index (χ0v) is 7.93. The molecule has 5 nitrogen and oxygen atoms in total. The fourth-order valence-electron chi connectivity index (χ4n) is 1.81. The first-order chi connectivity index (χ1) is 6.81. The summed E-state index contributed by atoms with van der Waals surface area (Å²) in [7, 11) is 0. The van der Waals surface area contributed by atoms with E-state index >= 15 is 0 Å². The zero-order chi connectivity index (χ0) is 9.97. The molecule has 0 radical (unpaired) electrons. The van der Waals surface area contributed by atoms with E-state index in [9.17, 15) is 0 Å². The smallest absolute Gasteiger partial charge is 0.147 e. The van der Waals surface area contributed by atoms with Crippen LogP contribution in [0.25, 0.3) is 0 Å². The van der Waals surface area contributed by atoms with Gasteiger partial charge in [-0.1, -0.05) is 0 Å². The van der Waals surface area contributed by atoms with Gasteiger partial charge in [0.05, 0.1) is 25.0 Å². The van der Waals surface area contributed by atoms with E-state index in [1.165, 1.54) is 0 Å². The molecule has 0 saturated carbocycles. The van der Waals surface area contributed by atoms with Crippen molar-refractivity contribution in [2.24, 2.45) is 0 Å². The maximum absolute atomic E-state index is 9.14. The summed E-state index contributed by atoms with van der Waals surface area (Å²) in [5.41, 5.74) is 5.45. The largest absolute Gasteiger partial charge is 0.394 e. The summed E-state index contributed by atoms with van der Waals surface area (Å²) < 4.78 is 0. The summed E-state index contributed by atoms with van der Waals surface area (Å²) >= 11 is 0. The fourth-order valence-corrected chi connectivity index (χ4v) is 1.81. The Morgan fingerprint density at radius 1 is 1.50 bits per heavy atom. The van der Waals surface area contributed by atoms with Crippen molar-refractivity contribution < 1.29 is 5.11 Å². The van der Waals surface area contributed by atoms with Crippen molar-refractivity contribution in [2.75, 3.05) is 23.8 Å². The quantitative estimate of drug-likeness (QED) is 0.694. The lowest BCUT2D eigenvalue weighted by Crippen LogP contribution is -2.32. The summed E-state index contributed by atoms with van der Waals surface area (Å²) in [5.74, 6) is 1.23. The molecule has 0 bridgehead atoms. The van der Waals surface area contributed by atoms with E-state index in [0.717, 1.165) is 25.2 Å². The average Bonchev–Trinajstić information content (AvgIpc) is 2.67. The van der Waals surface area contributed by atoms with Crippen molar-refractivity contribution in [2.45, 2.75) is 18.9 Å². The van der Waals surface area contributed by atoms with Crippen molar-refractivity contribution in [1.82, 2.24) is 9.97 Å². The minimum atomic E-state index is 0.173. The van der Waals surface area contributed by atoms with Crippen LogP contribution in [0.3, 0.4) is 0 Å². The predicted molar refractivity (Wildman–Crippen MR) is 53.9 cm³/mol. The number of hydrogen-bond donors (Lipinski definition) is 2. The van der Waals surface area contributed by atoms with Crippen LogP contribution < -0.4 is 10.6 Å². The van der Waals surface area contributed by atoms with Crippen LogP contribution in [-0.2, 0) is 0 Å². The molecule has 1 atom stereocenters. The van der Waals surface area contributed by atoms with E-state index in [0.29, 0.717) is 5.82 Å². The Hall–Kier alpha value is -1.36. The highest BCUT2D eigenvalue weighted by molar-refractivity contribution is 5.41. The van der Waals surface area contributed by atoms with Crippen LogP contribution in [0.4, 0.5) is 11.6 Å². The minimum Gasteiger partial charge on any atom is -0.394 e. The maximum Gasteiger partial charge on any atom is 0.147 e. The SMILES string of the molecule is Nc1cnc(N2CCC[C@@H]2CO)cn1. The second-order valence-corrected chi connectivity index (χ2v) is 3.47. The van der Waals surface area contributed by atoms with Gasteiger partial charge in [-0.25, -0.2) is 9.97 Å². The zero-order valence-electron chi connectivity index (χ0n) is 7.93. The fraction of sp³-hybridized carbons (Fsp3) is 0.556. The number of hydrogen-bond acceptors (Lipinski definition) is 5. The van der Waals surface area contributed by atoms with Crippen LogP contribution in [0.5, 0.6) is 0 Å². The number of aromatic nitrogens is 2. The lowest BCUT2D eigenvalue weighted by atomic mass is 10.2. The summed E-state index contributed by atoms with van der Waals surface area (Å²) in [5, 5.41) is 9.14. The molecule has 0 aromatic carbocycles. The molecule has 3 N–H and O–H groups in total. The van der Waals surface area contributed by atoms with Gasteiger partial charge in [-0.3, -0.25) is 0 Å². The van der Waals surface area contributed by atoms with Gasteiger partial charge in [-0.05, 0) is 12.8 Å². The third-order valence-corrected chi connectivity index (χ3v) is 2.54. The van der Waals surface area contributed by atoms with E-state index in [1.807, 2.05) is 0 Å². The van der Waals surface area contributed by atoms with Crippen molar-refractivity contribution >= 4 is 11.6 Å². The minimum absolute atomic E-state index is 0.173. The third-order valence-electron chi connectivity index (χ3n) is 2.54. The van der Waals surface area contributed by atoms with Gasteiger partial charge in [0.1, 0.15) is 11.6 Å². The number of anilines is 2. The molecule has 0 spiro atoms. The molecule has 1 aromatic rings. The summed E-state index contributed by atoms with van der Waals surface area (Å²) in [6, 6.07) is 0.188. The van der Waals surface area contributed by atoms with Crippen molar-refractivity contribution in [1.29, 1.82) is 0 Å². The second kappa shape index (κ2) is 3.79. The topological polar surface area (TPSA) is 75.3 Å². The van der Waals surface area contributed by atoms with Crippen molar-refractivity contribution in [3.63, 3.8) is 0 Å². The van der Waals surface area contributed by atoms with Crippen LogP contribution in [0.1, 0.15) is 12.8 Å². The lowest BCUT2D eigenvalue weighted by molar-refractivity contribution is 0.266. The molecule has 0 unspecified atom stereocenters. The molecule has 1 saturated heterocycles. The highest BCUT2D eigenvalue weighted by Gasteiger charge is 2.24. The molecule has 14 heavy (non-hydrogen) atoms. The molecule has 2 rings (SSSR count). The molecule has 1 fully saturated rings. The lowest BCUT2D eigenvalue weighted by Gasteiger charge is -2.23. The maximum atomic E-state index is 9.14. The molecule has 1 aliphatic rings. The molecular weight excluding hydrogens is 180 g/mol. The number of aliphatic hydroxyl groups excluding tert-OH is 1. The molecule has 5 heteroatoms. The Balaban J connectivity index is 2.17. The number of aliphatic hydroxyl groups is 1. The molecule has 1 aliphatic heterocycles. The van der Waals surface area contributed by atoms with Crippen molar-refractivity contribution in [3.8, 4) is 0 Å². The molecule has 0 aliphatic carbocycles. The van der Waals surface area contributed by atoms with Gasteiger partial charge >= 0.3 is 0 Å². The molecule has 0 amide bonds. The van der Waals surface area contributed by atoms with Gasteiger partial charge in [0.2, 0.25) is 0 Å². The Labute approximate surface area is 82.6 Å². The second-order valence-electron chi connectivity index (χ2n) is 3.47. The summed E-state index contributed by atoms with van der Waals surface area (Å²) in [4.78, 5) is 10.2. The van der Waals surface area contributed by atoms with Gasteiger partial charge in [0.25, 0.3) is 0 Å². The third kappa shape index (κ3) is 1.63. The van der Waals surface area contributed by atoms with Crippen molar-refractivity contribution in [3.05, 3.63) is 12.4 Å². The van der Waals surface area contributed by atoms with Crippen LogP contribution in [0, 0.1) is 0 Å². The number of rotatable bonds is 2. The van der Waals surface area contributed by atoms with E-state index < -0.39 is 0 Å². The average molecular weight is 194 g/mol. The van der Waals surface area contributed by atoms with E-state index in [4.69, 9.17) is 10.8 Å². The number of nitrogens with two attached hydrogens (primary N) is 1.